The van der Waals surface area contributed by atoms with Crippen LogP contribution < -0.4 is 4.74 Å². The average Bonchev–Trinajstić information content (AvgIpc) is 3.13. The maximum atomic E-state index is 13.2. The number of rotatable bonds is 5. The lowest BCUT2D eigenvalue weighted by molar-refractivity contribution is -0.140. The lowest BCUT2D eigenvalue weighted by Gasteiger charge is -2.36. The van der Waals surface area contributed by atoms with Gasteiger partial charge in [-0.3, -0.25) is 4.79 Å². The van der Waals surface area contributed by atoms with Gasteiger partial charge in [-0.15, -0.1) is 11.3 Å². The highest BCUT2D eigenvalue weighted by atomic mass is 32.1. The number of hydrogen-bond acceptors (Lipinski definition) is 4. The van der Waals surface area contributed by atoms with Gasteiger partial charge in [-0.2, -0.15) is 0 Å². The number of amides is 1. The van der Waals surface area contributed by atoms with Gasteiger partial charge < -0.3 is 14.4 Å². The van der Waals surface area contributed by atoms with Crippen molar-refractivity contribution in [1.82, 2.24) is 4.90 Å². The first-order valence-corrected chi connectivity index (χ1v) is 9.11. The van der Waals surface area contributed by atoms with Crippen molar-refractivity contribution in [2.45, 2.75) is 25.3 Å². The van der Waals surface area contributed by atoms with Gasteiger partial charge in [0, 0.05) is 11.4 Å². The van der Waals surface area contributed by atoms with Crippen LogP contribution in [-0.2, 0) is 16.0 Å². The summed E-state index contributed by atoms with van der Waals surface area (Å²) in [5, 5.41) is 2.06. The highest BCUT2D eigenvalue weighted by Crippen LogP contribution is 2.28. The number of methoxy groups -OCH3 is 1. The molecule has 2 atom stereocenters. The SMILES string of the molecule is COc1ccc(C(Cc2cccs2)C(=O)N2CCOCC2C)cc1. The molecule has 5 heteroatoms. The van der Waals surface area contributed by atoms with Gasteiger partial charge in [-0.05, 0) is 42.5 Å². The molecule has 2 unspecified atom stereocenters. The summed E-state index contributed by atoms with van der Waals surface area (Å²) in [6.45, 7) is 3.94. The first-order chi connectivity index (χ1) is 11.7. The maximum absolute atomic E-state index is 13.2. The van der Waals surface area contributed by atoms with Gasteiger partial charge >= 0.3 is 0 Å². The van der Waals surface area contributed by atoms with Crippen molar-refractivity contribution in [1.29, 1.82) is 0 Å². The van der Waals surface area contributed by atoms with Gasteiger partial charge in [-0.25, -0.2) is 0 Å². The minimum atomic E-state index is -0.171. The summed E-state index contributed by atoms with van der Waals surface area (Å²) in [6, 6.07) is 12.1. The second-order valence-corrected chi connectivity index (χ2v) is 7.10. The zero-order valence-corrected chi connectivity index (χ0v) is 14.9. The normalized spacial score (nSPS) is 19.1. The van der Waals surface area contributed by atoms with E-state index in [-0.39, 0.29) is 17.9 Å². The zero-order chi connectivity index (χ0) is 16.9. The predicted molar refractivity (Wildman–Crippen MR) is 95.8 cm³/mol. The highest BCUT2D eigenvalue weighted by molar-refractivity contribution is 7.09. The Kier molecular flexibility index (Phi) is 5.53. The van der Waals surface area contributed by atoms with E-state index < -0.39 is 0 Å². The van der Waals surface area contributed by atoms with Gasteiger partial charge in [0.05, 0.1) is 32.3 Å². The number of hydrogen-bond donors (Lipinski definition) is 0. The summed E-state index contributed by atoms with van der Waals surface area (Å²) in [4.78, 5) is 16.4. The van der Waals surface area contributed by atoms with Crippen molar-refractivity contribution >= 4 is 17.2 Å². The smallest absolute Gasteiger partial charge is 0.230 e. The number of ether oxygens (including phenoxy) is 2. The van der Waals surface area contributed by atoms with E-state index in [1.807, 2.05) is 42.2 Å². The minimum Gasteiger partial charge on any atom is -0.497 e. The van der Waals surface area contributed by atoms with Gasteiger partial charge in [0.2, 0.25) is 5.91 Å². The molecule has 0 saturated carbocycles. The second-order valence-electron chi connectivity index (χ2n) is 6.06. The van der Waals surface area contributed by atoms with Gasteiger partial charge in [0.1, 0.15) is 5.75 Å². The molecule has 1 saturated heterocycles. The van der Waals surface area contributed by atoms with Crippen molar-refractivity contribution in [2.75, 3.05) is 26.9 Å². The van der Waals surface area contributed by atoms with Gasteiger partial charge in [0.25, 0.3) is 0 Å². The van der Waals surface area contributed by atoms with Crippen LogP contribution in [0.1, 0.15) is 23.3 Å². The average molecular weight is 345 g/mol. The Morgan fingerprint density at radius 2 is 2.17 bits per heavy atom. The van der Waals surface area contributed by atoms with Crippen molar-refractivity contribution < 1.29 is 14.3 Å². The van der Waals surface area contributed by atoms with E-state index in [0.717, 1.165) is 17.7 Å². The number of morpholine rings is 1. The number of thiophene rings is 1. The van der Waals surface area contributed by atoms with Crippen molar-refractivity contribution in [2.24, 2.45) is 0 Å². The third kappa shape index (κ3) is 3.79. The largest absolute Gasteiger partial charge is 0.497 e. The van der Waals surface area contributed by atoms with Crippen LogP contribution in [0.5, 0.6) is 5.75 Å². The van der Waals surface area contributed by atoms with Gasteiger partial charge in [-0.1, -0.05) is 18.2 Å². The molecule has 0 N–H and O–H groups in total. The summed E-state index contributed by atoms with van der Waals surface area (Å²) in [6.07, 6.45) is 0.729. The van der Waals surface area contributed by atoms with Crippen LogP contribution in [0.2, 0.25) is 0 Å². The number of benzene rings is 1. The molecule has 0 bridgehead atoms. The van der Waals surface area contributed by atoms with Crippen LogP contribution in [0, 0.1) is 0 Å². The first kappa shape index (κ1) is 17.0. The first-order valence-electron chi connectivity index (χ1n) is 8.23. The highest BCUT2D eigenvalue weighted by Gasteiger charge is 2.31. The van der Waals surface area contributed by atoms with E-state index >= 15 is 0 Å². The topological polar surface area (TPSA) is 38.8 Å². The quantitative estimate of drug-likeness (QED) is 0.834. The fourth-order valence-electron chi connectivity index (χ4n) is 3.07. The molecular formula is C19H23NO3S. The van der Waals surface area contributed by atoms with Crippen molar-refractivity contribution in [3.8, 4) is 5.75 Å². The Bertz CT molecular complexity index is 654. The molecule has 1 aromatic carbocycles. The summed E-state index contributed by atoms with van der Waals surface area (Å²) in [5.41, 5.74) is 1.04. The van der Waals surface area contributed by atoms with Crippen LogP contribution in [0.25, 0.3) is 0 Å². The molecule has 0 spiro atoms. The minimum absolute atomic E-state index is 0.121. The molecule has 1 aromatic heterocycles. The van der Waals surface area contributed by atoms with E-state index in [1.54, 1.807) is 18.4 Å². The van der Waals surface area contributed by atoms with Crippen LogP contribution >= 0.6 is 11.3 Å². The monoisotopic (exact) mass is 345 g/mol. The standard InChI is InChI=1S/C19H23NO3S/c1-14-13-23-10-9-20(14)19(21)18(12-17-4-3-11-24-17)15-5-7-16(22-2)8-6-15/h3-8,11,14,18H,9-10,12-13H2,1-2H3. The third-order valence-electron chi connectivity index (χ3n) is 4.45. The summed E-state index contributed by atoms with van der Waals surface area (Å²) in [7, 11) is 1.65. The van der Waals surface area contributed by atoms with Crippen LogP contribution in [0.3, 0.4) is 0 Å². The molecule has 24 heavy (non-hydrogen) atoms. The van der Waals surface area contributed by atoms with E-state index in [4.69, 9.17) is 9.47 Å². The third-order valence-corrected chi connectivity index (χ3v) is 5.35. The number of nitrogens with zero attached hydrogens (tertiary/aromatic N) is 1. The molecule has 4 nitrogen and oxygen atoms in total. The Labute approximate surface area is 147 Å². The predicted octanol–water partition coefficient (Wildman–Crippen LogP) is 3.33. The molecule has 0 aliphatic carbocycles. The van der Waals surface area contributed by atoms with Gasteiger partial charge in [0.15, 0.2) is 0 Å². The Morgan fingerprint density at radius 1 is 1.38 bits per heavy atom. The Hall–Kier alpha value is -1.85. The summed E-state index contributed by atoms with van der Waals surface area (Å²) < 4.78 is 10.7. The molecule has 1 aliphatic rings. The molecule has 2 aromatic rings. The molecule has 1 aliphatic heterocycles. The fraction of sp³-hybridized carbons (Fsp3) is 0.421. The van der Waals surface area contributed by atoms with E-state index in [1.165, 1.54) is 4.88 Å². The van der Waals surface area contributed by atoms with E-state index in [0.29, 0.717) is 19.8 Å². The summed E-state index contributed by atoms with van der Waals surface area (Å²) in [5.74, 6) is 0.820. The Morgan fingerprint density at radius 3 is 2.79 bits per heavy atom. The van der Waals surface area contributed by atoms with Crippen LogP contribution in [-0.4, -0.2) is 43.7 Å². The lowest BCUT2D eigenvalue weighted by Crippen LogP contribution is -2.49. The lowest BCUT2D eigenvalue weighted by atomic mass is 9.92. The van der Waals surface area contributed by atoms with Crippen LogP contribution in [0.4, 0.5) is 0 Å². The molecule has 128 valence electrons. The molecule has 2 heterocycles. The van der Waals surface area contributed by atoms with Crippen molar-refractivity contribution in [3.63, 3.8) is 0 Å². The van der Waals surface area contributed by atoms with E-state index in [9.17, 15) is 4.79 Å². The molecule has 1 fully saturated rings. The van der Waals surface area contributed by atoms with Crippen LogP contribution in [0.15, 0.2) is 41.8 Å². The molecule has 1 amide bonds. The number of carbonyl (C=O) groups is 1. The Balaban J connectivity index is 1.86. The van der Waals surface area contributed by atoms with E-state index in [2.05, 4.69) is 11.4 Å². The maximum Gasteiger partial charge on any atom is 0.230 e. The molecular weight excluding hydrogens is 322 g/mol. The summed E-state index contributed by atoms with van der Waals surface area (Å²) >= 11 is 1.70. The number of carbonyl (C=O) groups excluding carboxylic acids is 1. The second kappa shape index (κ2) is 7.81. The fourth-order valence-corrected chi connectivity index (χ4v) is 3.82. The molecule has 3 rings (SSSR count). The molecule has 0 radical (unpaired) electrons. The zero-order valence-electron chi connectivity index (χ0n) is 14.1. The van der Waals surface area contributed by atoms with Crippen molar-refractivity contribution in [3.05, 3.63) is 52.2 Å².